The summed E-state index contributed by atoms with van der Waals surface area (Å²) in [4.78, 5) is 30.4. The Hall–Kier alpha value is -2.82. The highest BCUT2D eigenvalue weighted by molar-refractivity contribution is 7.99. The molecular formula is C22H19ClN4O2S. The normalized spacial score (nSPS) is 14.0. The molecule has 8 heteroatoms. The smallest absolute Gasteiger partial charge is 0.262 e. The van der Waals surface area contributed by atoms with Gasteiger partial charge in [-0.1, -0.05) is 48.3 Å². The van der Waals surface area contributed by atoms with Crippen molar-refractivity contribution < 1.29 is 4.79 Å². The summed E-state index contributed by atoms with van der Waals surface area (Å²) in [5, 5.41) is 13.5. The number of hydrogen-bond acceptors (Lipinski definition) is 5. The molecule has 6 nitrogen and oxygen atoms in total. The number of carbonyl (C=O) groups is 1. The second-order valence-electron chi connectivity index (χ2n) is 7.16. The summed E-state index contributed by atoms with van der Waals surface area (Å²) in [6.07, 6.45) is 4.04. The number of benzene rings is 2. The highest BCUT2D eigenvalue weighted by Gasteiger charge is 2.23. The van der Waals surface area contributed by atoms with Gasteiger partial charge in [0.25, 0.3) is 5.56 Å². The summed E-state index contributed by atoms with van der Waals surface area (Å²) >= 11 is 7.21. The Morgan fingerprint density at radius 1 is 1.27 bits per heavy atom. The molecule has 1 aliphatic carbocycles. The molecule has 1 heterocycles. The van der Waals surface area contributed by atoms with Gasteiger partial charge in [0, 0.05) is 11.1 Å². The second kappa shape index (κ2) is 8.90. The maximum atomic E-state index is 13.2. The molecule has 1 aromatic heterocycles. The second-order valence-corrected chi connectivity index (χ2v) is 8.54. The van der Waals surface area contributed by atoms with Crippen molar-refractivity contribution in [3.63, 3.8) is 0 Å². The summed E-state index contributed by atoms with van der Waals surface area (Å²) in [5.41, 5.74) is 1.28. The van der Waals surface area contributed by atoms with Crippen LogP contribution in [0.3, 0.4) is 0 Å². The van der Waals surface area contributed by atoms with E-state index >= 15 is 0 Å². The fraction of sp³-hybridized carbons (Fsp3) is 0.273. The van der Waals surface area contributed by atoms with Gasteiger partial charge in [-0.05, 0) is 43.2 Å². The summed E-state index contributed by atoms with van der Waals surface area (Å²) in [5.74, 6) is -0.228. The van der Waals surface area contributed by atoms with Crippen LogP contribution >= 0.6 is 23.4 Å². The number of aromatic nitrogens is 2. The van der Waals surface area contributed by atoms with Gasteiger partial charge in [0.2, 0.25) is 5.91 Å². The van der Waals surface area contributed by atoms with Crippen molar-refractivity contribution in [1.82, 2.24) is 9.55 Å². The minimum absolute atomic E-state index is 0.0583. The van der Waals surface area contributed by atoms with Crippen LogP contribution in [0, 0.1) is 11.3 Å². The van der Waals surface area contributed by atoms with E-state index in [9.17, 15) is 14.9 Å². The molecule has 1 fully saturated rings. The van der Waals surface area contributed by atoms with Crippen molar-refractivity contribution in [2.45, 2.75) is 36.9 Å². The lowest BCUT2D eigenvalue weighted by atomic mass is 10.2. The number of thioether (sulfide) groups is 1. The van der Waals surface area contributed by atoms with Crippen molar-refractivity contribution in [3.05, 3.63) is 63.4 Å². The van der Waals surface area contributed by atoms with E-state index < -0.39 is 0 Å². The van der Waals surface area contributed by atoms with Gasteiger partial charge in [0.05, 0.1) is 27.9 Å². The van der Waals surface area contributed by atoms with Crippen molar-refractivity contribution >= 4 is 45.9 Å². The number of nitriles is 1. The van der Waals surface area contributed by atoms with E-state index in [1.165, 1.54) is 11.8 Å². The first-order valence-electron chi connectivity index (χ1n) is 9.70. The van der Waals surface area contributed by atoms with Crippen molar-refractivity contribution in [2.24, 2.45) is 0 Å². The number of fused-ring (bicyclic) bond motifs is 1. The third-order valence-electron chi connectivity index (χ3n) is 5.17. The minimum Gasteiger partial charge on any atom is -0.324 e. The number of halogens is 1. The lowest BCUT2D eigenvalue weighted by molar-refractivity contribution is -0.113. The van der Waals surface area contributed by atoms with Gasteiger partial charge in [-0.15, -0.1) is 0 Å². The third-order valence-corrected chi connectivity index (χ3v) is 6.36. The number of hydrogen-bond donors (Lipinski definition) is 1. The molecule has 3 aromatic rings. The molecule has 1 aliphatic rings. The Bertz CT molecular complexity index is 1210. The average molecular weight is 439 g/mol. The van der Waals surface area contributed by atoms with E-state index in [1.807, 2.05) is 24.3 Å². The molecule has 0 atom stereocenters. The van der Waals surface area contributed by atoms with Crippen LogP contribution in [0.4, 0.5) is 5.69 Å². The number of nitrogens with zero attached hydrogens (tertiary/aromatic N) is 3. The van der Waals surface area contributed by atoms with Gasteiger partial charge in [0.1, 0.15) is 6.07 Å². The van der Waals surface area contributed by atoms with Crippen LogP contribution < -0.4 is 10.9 Å². The predicted molar refractivity (Wildman–Crippen MR) is 119 cm³/mol. The molecule has 1 N–H and O–H groups in total. The highest BCUT2D eigenvalue weighted by atomic mass is 35.5. The first kappa shape index (κ1) is 20.5. The standard InChI is InChI=1S/C22H19ClN4O2S/c23-15-10-9-14(12-24)19(11-15)25-20(28)13-30-22-26-18-8-4-3-7-17(18)21(29)27(22)16-5-1-2-6-16/h3-4,7-11,16H,1-2,5-6,13H2,(H,25,28). The Morgan fingerprint density at radius 2 is 2.03 bits per heavy atom. The molecule has 1 saturated carbocycles. The van der Waals surface area contributed by atoms with Crippen molar-refractivity contribution in [3.8, 4) is 6.07 Å². The van der Waals surface area contributed by atoms with Gasteiger partial charge in [-0.25, -0.2) is 4.98 Å². The fourth-order valence-corrected chi connectivity index (χ4v) is 4.78. The molecule has 4 rings (SSSR count). The topological polar surface area (TPSA) is 87.8 Å². The lowest BCUT2D eigenvalue weighted by Gasteiger charge is -2.18. The summed E-state index contributed by atoms with van der Waals surface area (Å²) in [7, 11) is 0. The Kier molecular flexibility index (Phi) is 6.07. The Labute approximate surface area is 182 Å². The molecule has 0 aliphatic heterocycles. The van der Waals surface area contributed by atoms with E-state index in [0.717, 1.165) is 25.7 Å². The third kappa shape index (κ3) is 4.20. The quantitative estimate of drug-likeness (QED) is 0.458. The van der Waals surface area contributed by atoms with E-state index in [1.54, 1.807) is 28.8 Å². The van der Waals surface area contributed by atoms with Crippen LogP contribution in [0.2, 0.25) is 5.02 Å². The molecule has 0 unspecified atom stereocenters. The van der Waals surface area contributed by atoms with Crippen LogP contribution in [0.1, 0.15) is 37.3 Å². The van der Waals surface area contributed by atoms with Crippen molar-refractivity contribution in [1.29, 1.82) is 5.26 Å². The van der Waals surface area contributed by atoms with Crippen LogP contribution in [-0.4, -0.2) is 21.2 Å². The van der Waals surface area contributed by atoms with Gasteiger partial charge in [-0.2, -0.15) is 5.26 Å². The molecule has 30 heavy (non-hydrogen) atoms. The largest absolute Gasteiger partial charge is 0.324 e. The first-order chi connectivity index (χ1) is 14.6. The molecule has 0 bridgehead atoms. The molecule has 0 spiro atoms. The lowest BCUT2D eigenvalue weighted by Crippen LogP contribution is -2.27. The van der Waals surface area contributed by atoms with E-state index in [4.69, 9.17) is 11.6 Å². The van der Waals surface area contributed by atoms with E-state index in [2.05, 4.69) is 10.3 Å². The van der Waals surface area contributed by atoms with Crippen LogP contribution in [-0.2, 0) is 4.79 Å². The van der Waals surface area contributed by atoms with E-state index in [-0.39, 0.29) is 23.3 Å². The summed E-state index contributed by atoms with van der Waals surface area (Å²) in [6.45, 7) is 0. The predicted octanol–water partition coefficient (Wildman–Crippen LogP) is 4.77. The highest BCUT2D eigenvalue weighted by Crippen LogP contribution is 2.32. The van der Waals surface area contributed by atoms with Gasteiger partial charge < -0.3 is 5.32 Å². The molecule has 0 saturated heterocycles. The number of amides is 1. The fourth-order valence-electron chi connectivity index (χ4n) is 3.75. The number of nitrogens with one attached hydrogen (secondary N) is 1. The zero-order valence-electron chi connectivity index (χ0n) is 16.1. The Balaban J connectivity index is 1.60. The molecule has 2 aromatic carbocycles. The van der Waals surface area contributed by atoms with Gasteiger partial charge >= 0.3 is 0 Å². The molecule has 1 amide bonds. The summed E-state index contributed by atoms with van der Waals surface area (Å²) < 4.78 is 1.76. The van der Waals surface area contributed by atoms with Crippen LogP contribution in [0.15, 0.2) is 52.4 Å². The monoisotopic (exact) mass is 438 g/mol. The number of carbonyl (C=O) groups excluding carboxylic acids is 1. The molecule has 152 valence electrons. The number of para-hydroxylation sites is 1. The average Bonchev–Trinajstić information content (AvgIpc) is 3.27. The van der Waals surface area contributed by atoms with Gasteiger partial charge in [-0.3, -0.25) is 14.2 Å². The maximum absolute atomic E-state index is 13.2. The maximum Gasteiger partial charge on any atom is 0.262 e. The van der Waals surface area contributed by atoms with Crippen molar-refractivity contribution in [2.75, 3.05) is 11.1 Å². The van der Waals surface area contributed by atoms with Crippen LogP contribution in [0.25, 0.3) is 10.9 Å². The SMILES string of the molecule is N#Cc1ccc(Cl)cc1NC(=O)CSc1nc2ccccc2c(=O)n1C1CCCC1. The van der Waals surface area contributed by atoms with Gasteiger partial charge in [0.15, 0.2) is 5.16 Å². The van der Waals surface area contributed by atoms with Crippen LogP contribution in [0.5, 0.6) is 0 Å². The first-order valence-corrected chi connectivity index (χ1v) is 11.1. The molecular weight excluding hydrogens is 420 g/mol. The zero-order valence-corrected chi connectivity index (χ0v) is 17.7. The zero-order chi connectivity index (χ0) is 21.1. The van der Waals surface area contributed by atoms with E-state index in [0.29, 0.717) is 32.3 Å². The number of rotatable bonds is 5. The minimum atomic E-state index is -0.292. The molecule has 0 radical (unpaired) electrons. The Morgan fingerprint density at radius 3 is 2.80 bits per heavy atom. The number of anilines is 1. The summed E-state index contributed by atoms with van der Waals surface area (Å²) in [6, 6.07) is 14.1.